The third-order valence-electron chi connectivity index (χ3n) is 7.80. The average molecular weight is 557 g/mol. The second-order valence-corrected chi connectivity index (χ2v) is 10.4. The SMILES string of the molecule is CCC(=O)N1C[C@@]2(CCC(=O)N2)CC[C@@]1(CO[C@H](C)c1cc(C(F)(F)F)cc(C(F)(F)F)c1)c1ccccc1. The molecule has 0 unspecified atom stereocenters. The summed E-state index contributed by atoms with van der Waals surface area (Å²) in [4.78, 5) is 27.0. The maximum atomic E-state index is 13.4. The van der Waals surface area contributed by atoms with E-state index in [9.17, 15) is 35.9 Å². The van der Waals surface area contributed by atoms with Crippen LogP contribution in [0.3, 0.4) is 0 Å². The third-order valence-corrected chi connectivity index (χ3v) is 7.80. The summed E-state index contributed by atoms with van der Waals surface area (Å²) in [5.41, 5.74) is -3.99. The molecule has 2 aromatic carbocycles. The summed E-state index contributed by atoms with van der Waals surface area (Å²) < 4.78 is 86.6. The number of halogens is 6. The van der Waals surface area contributed by atoms with Crippen LogP contribution in [0.25, 0.3) is 0 Å². The molecule has 2 saturated heterocycles. The van der Waals surface area contributed by atoms with Crippen LogP contribution in [0.2, 0.25) is 0 Å². The molecule has 2 heterocycles. The molecule has 212 valence electrons. The first kappa shape index (κ1) is 28.9. The number of nitrogens with one attached hydrogen (secondary N) is 1. The highest BCUT2D eigenvalue weighted by Gasteiger charge is 2.52. The fraction of sp³-hybridized carbons (Fsp3) is 0.500. The Hall–Kier alpha value is -3.08. The molecule has 0 saturated carbocycles. The van der Waals surface area contributed by atoms with Gasteiger partial charge < -0.3 is 15.0 Å². The van der Waals surface area contributed by atoms with Gasteiger partial charge in [0.25, 0.3) is 0 Å². The van der Waals surface area contributed by atoms with Crippen LogP contribution in [-0.2, 0) is 32.2 Å². The molecule has 5 nitrogen and oxygen atoms in total. The smallest absolute Gasteiger partial charge is 0.371 e. The van der Waals surface area contributed by atoms with Crippen molar-refractivity contribution >= 4 is 11.8 Å². The van der Waals surface area contributed by atoms with E-state index in [0.717, 1.165) is 5.56 Å². The number of carbonyl (C=O) groups is 2. The lowest BCUT2D eigenvalue weighted by Gasteiger charge is -2.53. The van der Waals surface area contributed by atoms with E-state index in [1.165, 1.54) is 6.92 Å². The van der Waals surface area contributed by atoms with Gasteiger partial charge in [-0.25, -0.2) is 0 Å². The number of hydrogen-bond acceptors (Lipinski definition) is 3. The molecule has 2 amide bonds. The molecular formula is C28H30F6N2O3. The predicted molar refractivity (Wildman–Crippen MR) is 130 cm³/mol. The number of amides is 2. The molecule has 0 aromatic heterocycles. The van der Waals surface area contributed by atoms with Crippen LogP contribution in [0.15, 0.2) is 48.5 Å². The van der Waals surface area contributed by atoms with Gasteiger partial charge in [-0.15, -0.1) is 0 Å². The maximum Gasteiger partial charge on any atom is 0.416 e. The Morgan fingerprint density at radius 1 is 1.00 bits per heavy atom. The summed E-state index contributed by atoms with van der Waals surface area (Å²) >= 11 is 0. The standard InChI is InChI=1S/C28H30F6N2O3/c1-3-24(38)36-16-25(10-9-23(37)35-25)11-12-26(36,20-7-5-4-6-8-20)17-39-18(2)19-13-21(27(29,30)31)15-22(14-19)28(32,33)34/h4-8,13-15,18H,3,9-12,16-17H2,1-2H3,(H,35,37)/t18-,25-,26-/m1/s1. The molecule has 2 fully saturated rings. The number of nitrogens with zero attached hydrogens (tertiary/aromatic N) is 1. The quantitative estimate of drug-likeness (QED) is 0.421. The Kier molecular flexibility index (Phi) is 7.77. The fourth-order valence-corrected chi connectivity index (χ4v) is 5.57. The van der Waals surface area contributed by atoms with Gasteiger partial charge in [-0.3, -0.25) is 9.59 Å². The van der Waals surface area contributed by atoms with Gasteiger partial charge in [0.1, 0.15) is 0 Å². The van der Waals surface area contributed by atoms with Gasteiger partial charge in [-0.2, -0.15) is 26.3 Å². The maximum absolute atomic E-state index is 13.4. The molecular weight excluding hydrogens is 526 g/mol. The Morgan fingerprint density at radius 3 is 2.13 bits per heavy atom. The lowest BCUT2D eigenvalue weighted by atomic mass is 9.74. The fourth-order valence-electron chi connectivity index (χ4n) is 5.57. The van der Waals surface area contributed by atoms with Crippen molar-refractivity contribution in [2.75, 3.05) is 13.2 Å². The van der Waals surface area contributed by atoms with E-state index in [1.807, 2.05) is 12.1 Å². The van der Waals surface area contributed by atoms with E-state index < -0.39 is 40.7 Å². The van der Waals surface area contributed by atoms with Crippen LogP contribution < -0.4 is 5.32 Å². The number of hydrogen-bond donors (Lipinski definition) is 1. The Labute approximate surface area is 222 Å². The van der Waals surface area contributed by atoms with Gasteiger partial charge >= 0.3 is 12.4 Å². The number of ether oxygens (including phenoxy) is 1. The molecule has 11 heteroatoms. The number of benzene rings is 2. The molecule has 0 bridgehead atoms. The lowest BCUT2D eigenvalue weighted by molar-refractivity contribution is -0.151. The summed E-state index contributed by atoms with van der Waals surface area (Å²) in [6.07, 6.45) is -9.12. The minimum Gasteiger partial charge on any atom is -0.371 e. The molecule has 3 atom stereocenters. The number of likely N-dealkylation sites (tertiary alicyclic amines) is 1. The summed E-state index contributed by atoms with van der Waals surface area (Å²) in [5, 5.41) is 3.01. The van der Waals surface area contributed by atoms with E-state index >= 15 is 0 Å². The van der Waals surface area contributed by atoms with Crippen LogP contribution in [-0.4, -0.2) is 35.4 Å². The minimum absolute atomic E-state index is 0.0831. The zero-order chi connectivity index (χ0) is 28.6. The molecule has 2 aromatic rings. The van der Waals surface area contributed by atoms with Crippen molar-refractivity contribution in [2.45, 2.75) is 75.5 Å². The van der Waals surface area contributed by atoms with Gasteiger partial charge in [0.05, 0.1) is 34.9 Å². The van der Waals surface area contributed by atoms with Gasteiger partial charge in [-0.1, -0.05) is 37.3 Å². The highest BCUT2D eigenvalue weighted by Crippen LogP contribution is 2.45. The monoisotopic (exact) mass is 556 g/mol. The average Bonchev–Trinajstić information content (AvgIpc) is 3.26. The first-order chi connectivity index (χ1) is 18.2. The summed E-state index contributed by atoms with van der Waals surface area (Å²) in [6, 6.07) is 10.4. The number of carbonyl (C=O) groups excluding carboxylic acids is 2. The van der Waals surface area contributed by atoms with Crippen molar-refractivity contribution < 1.29 is 40.7 Å². The highest BCUT2D eigenvalue weighted by molar-refractivity contribution is 5.81. The van der Waals surface area contributed by atoms with E-state index in [1.54, 1.807) is 30.0 Å². The molecule has 0 aliphatic carbocycles. The van der Waals surface area contributed by atoms with Crippen molar-refractivity contribution in [3.8, 4) is 0 Å². The van der Waals surface area contributed by atoms with Crippen LogP contribution in [0.5, 0.6) is 0 Å². The number of rotatable bonds is 6. The predicted octanol–water partition coefficient (Wildman–Crippen LogP) is 6.38. The lowest BCUT2D eigenvalue weighted by Crippen LogP contribution is -2.64. The summed E-state index contributed by atoms with van der Waals surface area (Å²) in [5.74, 6) is -0.297. The van der Waals surface area contributed by atoms with E-state index in [0.29, 0.717) is 37.8 Å². The molecule has 1 N–H and O–H groups in total. The molecule has 1 spiro atoms. The first-order valence-corrected chi connectivity index (χ1v) is 12.8. The highest BCUT2D eigenvalue weighted by atomic mass is 19.4. The summed E-state index contributed by atoms with van der Waals surface area (Å²) in [6.45, 7) is 3.16. The van der Waals surface area contributed by atoms with E-state index in [4.69, 9.17) is 4.74 Å². The Balaban J connectivity index is 1.70. The van der Waals surface area contributed by atoms with Gasteiger partial charge in [0.15, 0.2) is 0 Å². The van der Waals surface area contributed by atoms with Crippen molar-refractivity contribution in [3.63, 3.8) is 0 Å². The van der Waals surface area contributed by atoms with E-state index in [-0.39, 0.29) is 43.0 Å². The van der Waals surface area contributed by atoms with Gasteiger partial charge in [-0.05, 0) is 55.5 Å². The molecule has 2 aliphatic heterocycles. The van der Waals surface area contributed by atoms with Crippen molar-refractivity contribution in [3.05, 3.63) is 70.8 Å². The number of piperidine rings is 1. The van der Waals surface area contributed by atoms with Gasteiger partial charge in [0.2, 0.25) is 11.8 Å². The van der Waals surface area contributed by atoms with Gasteiger partial charge in [0, 0.05) is 19.4 Å². The number of alkyl halides is 6. The molecule has 2 aliphatic rings. The van der Waals surface area contributed by atoms with Crippen molar-refractivity contribution in [2.24, 2.45) is 0 Å². The largest absolute Gasteiger partial charge is 0.416 e. The van der Waals surface area contributed by atoms with E-state index in [2.05, 4.69) is 5.32 Å². The Morgan fingerprint density at radius 2 is 1.62 bits per heavy atom. The third kappa shape index (κ3) is 5.92. The summed E-state index contributed by atoms with van der Waals surface area (Å²) in [7, 11) is 0. The van der Waals surface area contributed by atoms with Crippen LogP contribution in [0.4, 0.5) is 26.3 Å². The normalized spacial score (nSPS) is 24.6. The second-order valence-electron chi connectivity index (χ2n) is 10.4. The molecule has 0 radical (unpaired) electrons. The Bertz CT molecular complexity index is 1180. The molecule has 4 rings (SSSR count). The van der Waals surface area contributed by atoms with Crippen LogP contribution in [0, 0.1) is 0 Å². The van der Waals surface area contributed by atoms with Crippen molar-refractivity contribution in [1.29, 1.82) is 0 Å². The minimum atomic E-state index is -4.98. The second kappa shape index (κ2) is 10.5. The van der Waals surface area contributed by atoms with Crippen molar-refractivity contribution in [1.82, 2.24) is 10.2 Å². The van der Waals surface area contributed by atoms with Crippen LogP contribution in [0.1, 0.15) is 74.3 Å². The molecule has 39 heavy (non-hydrogen) atoms. The topological polar surface area (TPSA) is 58.6 Å². The zero-order valence-electron chi connectivity index (χ0n) is 21.6. The first-order valence-electron chi connectivity index (χ1n) is 12.8. The zero-order valence-corrected chi connectivity index (χ0v) is 21.6. The van der Waals surface area contributed by atoms with Crippen LogP contribution >= 0.6 is 0 Å².